The third-order valence-corrected chi connectivity index (χ3v) is 7.43. The monoisotopic (exact) mass is 470 g/mol. The molecule has 1 unspecified atom stereocenters. The molecule has 1 nitrogen and oxygen atoms in total. The molecule has 0 aromatic heterocycles. The highest BCUT2D eigenvalue weighted by Gasteiger charge is 2.20. The van der Waals surface area contributed by atoms with Crippen LogP contribution in [0.15, 0.2) is 60.7 Å². The van der Waals surface area contributed by atoms with Gasteiger partial charge in [-0.1, -0.05) is 92.9 Å². The largest absolute Gasteiger partial charge is 0.293 e. The first-order valence-corrected chi connectivity index (χ1v) is 13.7. The molecule has 0 fully saturated rings. The fourth-order valence-electron chi connectivity index (χ4n) is 5.11. The number of unbranched alkanes of at least 4 members (excludes halogenated alkanes) is 2. The van der Waals surface area contributed by atoms with Gasteiger partial charge in [-0.2, -0.15) is 0 Å². The van der Waals surface area contributed by atoms with E-state index >= 15 is 0 Å². The quantitative estimate of drug-likeness (QED) is 0.236. The number of carbonyl (C=O) groups excluding carboxylic acids is 1. The highest BCUT2D eigenvalue weighted by molar-refractivity contribution is 6.01. The molecule has 1 heteroatoms. The fourth-order valence-corrected chi connectivity index (χ4v) is 5.11. The predicted molar refractivity (Wildman–Crippen MR) is 153 cm³/mol. The molecule has 35 heavy (non-hydrogen) atoms. The molecule has 0 bridgehead atoms. The number of hydrogen-bond donors (Lipinski definition) is 0. The van der Waals surface area contributed by atoms with Crippen LogP contribution in [0.2, 0.25) is 0 Å². The summed E-state index contributed by atoms with van der Waals surface area (Å²) >= 11 is 0. The zero-order valence-corrected chi connectivity index (χ0v) is 22.6. The standard InChI is InChI=1S/C22H28O.C12H16.H2/c1-4-6-7-10-18-12-14-19(15-13-18)22(23)21(5-2)20-11-8-9-17(3)16-20;1-9-7-11-5-3-4-6-12(11)8-10(9)2;/h8-9,11-16,21H,4-7,10H2,1-3H3;7-8H,3-6H2,1-2H3;1H. The predicted octanol–water partition coefficient (Wildman–Crippen LogP) is 9.53. The maximum Gasteiger partial charge on any atom is 0.170 e. The second kappa shape index (κ2) is 13.4. The lowest BCUT2D eigenvalue weighted by molar-refractivity contribution is 0.0957. The topological polar surface area (TPSA) is 17.1 Å². The van der Waals surface area contributed by atoms with E-state index in [1.54, 1.807) is 11.1 Å². The summed E-state index contributed by atoms with van der Waals surface area (Å²) in [6, 6.07) is 21.3. The molecule has 3 aromatic carbocycles. The van der Waals surface area contributed by atoms with Crippen molar-refractivity contribution in [2.45, 2.75) is 98.3 Å². The summed E-state index contributed by atoms with van der Waals surface area (Å²) < 4.78 is 0. The van der Waals surface area contributed by atoms with Crippen molar-refractivity contribution in [2.75, 3.05) is 0 Å². The molecule has 188 valence electrons. The first-order valence-electron chi connectivity index (χ1n) is 13.7. The molecule has 0 N–H and O–H groups in total. The molecule has 0 saturated carbocycles. The van der Waals surface area contributed by atoms with Crippen molar-refractivity contribution >= 4 is 5.78 Å². The van der Waals surface area contributed by atoms with Gasteiger partial charge in [-0.05, 0) is 99.1 Å². The number of fused-ring (bicyclic) bond motifs is 1. The second-order valence-electron chi connectivity index (χ2n) is 10.3. The molecule has 0 radical (unpaired) electrons. The van der Waals surface area contributed by atoms with Gasteiger partial charge in [0.05, 0.1) is 0 Å². The van der Waals surface area contributed by atoms with Crippen LogP contribution in [-0.4, -0.2) is 5.78 Å². The van der Waals surface area contributed by atoms with E-state index in [4.69, 9.17) is 0 Å². The molecule has 1 aliphatic rings. The summed E-state index contributed by atoms with van der Waals surface area (Å²) in [7, 11) is 0. The van der Waals surface area contributed by atoms with Crippen molar-refractivity contribution in [2.24, 2.45) is 0 Å². The van der Waals surface area contributed by atoms with Crippen molar-refractivity contribution in [3.05, 3.63) is 105 Å². The van der Waals surface area contributed by atoms with Crippen LogP contribution >= 0.6 is 0 Å². The van der Waals surface area contributed by atoms with Crippen molar-refractivity contribution in [1.29, 1.82) is 0 Å². The molecule has 0 heterocycles. The normalized spacial score (nSPS) is 13.4. The Labute approximate surface area is 215 Å². The second-order valence-corrected chi connectivity index (χ2v) is 10.3. The van der Waals surface area contributed by atoms with E-state index in [2.05, 4.69) is 77.1 Å². The number of benzene rings is 3. The summed E-state index contributed by atoms with van der Waals surface area (Å²) in [5, 5.41) is 0. The number of carbonyl (C=O) groups is 1. The lowest BCUT2D eigenvalue weighted by Crippen LogP contribution is -2.12. The zero-order valence-electron chi connectivity index (χ0n) is 22.6. The van der Waals surface area contributed by atoms with Crippen LogP contribution in [0.3, 0.4) is 0 Å². The number of hydrogen-bond acceptors (Lipinski definition) is 1. The first kappa shape index (κ1) is 26.9. The highest BCUT2D eigenvalue weighted by atomic mass is 16.1. The molecular formula is C34H46O. The molecule has 3 aromatic rings. The Morgan fingerprint density at radius 1 is 0.829 bits per heavy atom. The van der Waals surface area contributed by atoms with E-state index in [-0.39, 0.29) is 13.1 Å². The Morgan fingerprint density at radius 3 is 2.00 bits per heavy atom. The van der Waals surface area contributed by atoms with Gasteiger partial charge in [0.1, 0.15) is 0 Å². The van der Waals surface area contributed by atoms with Crippen molar-refractivity contribution in [3.63, 3.8) is 0 Å². The van der Waals surface area contributed by atoms with Crippen molar-refractivity contribution in [3.8, 4) is 0 Å². The Morgan fingerprint density at radius 2 is 1.46 bits per heavy atom. The van der Waals surface area contributed by atoms with Crippen LogP contribution in [0.5, 0.6) is 0 Å². The third-order valence-electron chi connectivity index (χ3n) is 7.43. The Bertz CT molecular complexity index is 1070. The van der Waals surface area contributed by atoms with Crippen LogP contribution < -0.4 is 0 Å². The minimum Gasteiger partial charge on any atom is -0.293 e. The molecule has 0 spiro atoms. The molecule has 1 aliphatic carbocycles. The van der Waals surface area contributed by atoms with Gasteiger partial charge >= 0.3 is 0 Å². The van der Waals surface area contributed by atoms with E-state index in [1.165, 1.54) is 67.2 Å². The van der Waals surface area contributed by atoms with Gasteiger partial charge in [-0.25, -0.2) is 0 Å². The van der Waals surface area contributed by atoms with E-state index < -0.39 is 0 Å². The molecule has 4 rings (SSSR count). The number of aryl methyl sites for hydroxylation is 6. The van der Waals surface area contributed by atoms with Gasteiger partial charge in [0.25, 0.3) is 0 Å². The molecule has 0 saturated heterocycles. The summed E-state index contributed by atoms with van der Waals surface area (Å²) in [5.74, 6) is 0.194. The average Bonchev–Trinajstić information content (AvgIpc) is 2.86. The molecular weight excluding hydrogens is 424 g/mol. The van der Waals surface area contributed by atoms with E-state index in [0.717, 1.165) is 24.0 Å². The minimum absolute atomic E-state index is 0. The first-order chi connectivity index (χ1) is 16.9. The lowest BCUT2D eigenvalue weighted by Gasteiger charge is -2.17. The van der Waals surface area contributed by atoms with Crippen LogP contribution in [0.4, 0.5) is 0 Å². The SMILES string of the molecule is CCCCCc1ccc(C(=O)C(CC)c2cccc(C)c2)cc1.Cc1cc2c(cc1C)CCCC2.[HH]. The fraction of sp³-hybridized carbons (Fsp3) is 0.441. The Balaban J connectivity index is 0.000000294. The van der Waals surface area contributed by atoms with E-state index in [0.29, 0.717) is 0 Å². The molecule has 0 aliphatic heterocycles. The average molecular weight is 471 g/mol. The maximum atomic E-state index is 12.9. The van der Waals surface area contributed by atoms with Gasteiger partial charge in [0, 0.05) is 12.9 Å². The minimum atomic E-state index is -0.0409. The van der Waals surface area contributed by atoms with E-state index in [9.17, 15) is 4.79 Å². The van der Waals surface area contributed by atoms with Gasteiger partial charge < -0.3 is 0 Å². The Kier molecular flexibility index (Phi) is 10.3. The Hall–Kier alpha value is -2.67. The van der Waals surface area contributed by atoms with Crippen molar-refractivity contribution < 1.29 is 6.22 Å². The smallest absolute Gasteiger partial charge is 0.170 e. The number of rotatable bonds is 8. The van der Waals surface area contributed by atoms with Crippen LogP contribution in [0.1, 0.15) is 109 Å². The van der Waals surface area contributed by atoms with E-state index in [1.807, 2.05) is 18.2 Å². The van der Waals surface area contributed by atoms with Gasteiger partial charge in [0.15, 0.2) is 5.78 Å². The zero-order chi connectivity index (χ0) is 25.2. The van der Waals surface area contributed by atoms with Crippen molar-refractivity contribution in [1.82, 2.24) is 0 Å². The lowest BCUT2D eigenvalue weighted by atomic mass is 9.87. The van der Waals surface area contributed by atoms with Gasteiger partial charge in [-0.15, -0.1) is 0 Å². The van der Waals surface area contributed by atoms with Gasteiger partial charge in [-0.3, -0.25) is 4.79 Å². The number of Topliss-reactive ketones (excluding diaryl/α,β-unsaturated/α-hetero) is 1. The summed E-state index contributed by atoms with van der Waals surface area (Å²) in [6.45, 7) is 10.8. The highest BCUT2D eigenvalue weighted by Crippen LogP contribution is 2.26. The molecule has 0 amide bonds. The van der Waals surface area contributed by atoms with Crippen LogP contribution in [0.25, 0.3) is 0 Å². The summed E-state index contributed by atoms with van der Waals surface area (Å²) in [4.78, 5) is 12.9. The molecule has 1 atom stereocenters. The third kappa shape index (κ3) is 7.66. The van der Waals surface area contributed by atoms with Crippen LogP contribution in [0, 0.1) is 20.8 Å². The maximum absolute atomic E-state index is 12.9. The van der Waals surface area contributed by atoms with Crippen LogP contribution in [-0.2, 0) is 19.3 Å². The van der Waals surface area contributed by atoms with Gasteiger partial charge in [0.2, 0.25) is 0 Å². The summed E-state index contributed by atoms with van der Waals surface area (Å²) in [6.07, 6.45) is 11.1. The number of ketones is 1. The summed E-state index contributed by atoms with van der Waals surface area (Å²) in [5.41, 5.74) is 10.6.